The van der Waals surface area contributed by atoms with Gasteiger partial charge in [-0.15, -0.1) is 6.42 Å². The van der Waals surface area contributed by atoms with Gasteiger partial charge in [0.25, 0.3) is 0 Å². The number of hydrogen-bond acceptors (Lipinski definition) is 9. The predicted molar refractivity (Wildman–Crippen MR) is 163 cm³/mol. The van der Waals surface area contributed by atoms with Crippen LogP contribution in [0.25, 0.3) is 0 Å². The lowest BCUT2D eigenvalue weighted by Crippen LogP contribution is -2.63. The number of allylic oxidation sites excluding steroid dienone is 6. The third kappa shape index (κ3) is 8.31. The van der Waals surface area contributed by atoms with Crippen LogP contribution in [0.1, 0.15) is 53.9 Å². The molecule has 0 spiro atoms. The number of likely N-dealkylation sites (N-methyl/N-ethyl adjacent to an activating group) is 1. The van der Waals surface area contributed by atoms with Crippen LogP contribution in [0, 0.1) is 24.2 Å². The van der Waals surface area contributed by atoms with E-state index in [0.29, 0.717) is 12.2 Å². The van der Waals surface area contributed by atoms with Crippen LogP contribution in [0.5, 0.6) is 0 Å². The number of nitrogens with zero attached hydrogens (tertiary/aromatic N) is 1. The minimum Gasteiger partial charge on any atom is -0.489 e. The zero-order valence-corrected chi connectivity index (χ0v) is 26.9. The Balaban J connectivity index is 2.06. The molecule has 3 aliphatic heterocycles. The van der Waals surface area contributed by atoms with Crippen molar-refractivity contribution < 1.29 is 43.2 Å². The van der Waals surface area contributed by atoms with E-state index >= 15 is 0 Å². The van der Waals surface area contributed by atoms with E-state index in [9.17, 15) is 19.5 Å². The zero-order chi connectivity index (χ0) is 32.8. The number of rotatable bonds is 5. The molecule has 11 heteroatoms. The van der Waals surface area contributed by atoms with Crippen LogP contribution in [0.3, 0.4) is 0 Å². The van der Waals surface area contributed by atoms with Crippen LogP contribution < -0.4 is 5.32 Å². The standard InChI is InChI=1S/C33H46N2O9/c1-10-24(40-8)17-23-14-15-35(7)28(36)18-27(43-30(37)20(2)3)32(6)29(44-32)22(5)25-19-33(39,34-31(38)42-25)26(41-9)13-11-12-21(4)16-23/h1,11-14,17,20,22,25-27,29,39H,15-16,18-19H2,2-9H3,(H,34,38)/b13-11+,21-12+,23-14+,24-17+. The molecular weight excluding hydrogens is 568 g/mol. The van der Waals surface area contributed by atoms with E-state index in [2.05, 4.69) is 11.2 Å². The summed E-state index contributed by atoms with van der Waals surface area (Å²) < 4.78 is 28.5. The molecule has 44 heavy (non-hydrogen) atoms. The fraction of sp³-hybridized carbons (Fsp3) is 0.606. The summed E-state index contributed by atoms with van der Waals surface area (Å²) in [7, 11) is 4.60. The number of alkyl carbamates (subject to hydrolysis) is 1. The predicted octanol–water partition coefficient (Wildman–Crippen LogP) is 3.39. The third-order valence-electron chi connectivity index (χ3n) is 8.38. The fourth-order valence-corrected chi connectivity index (χ4v) is 5.50. The normalized spacial score (nSPS) is 36.8. The molecule has 3 rings (SSSR count). The van der Waals surface area contributed by atoms with Crippen molar-refractivity contribution in [1.82, 2.24) is 10.2 Å². The van der Waals surface area contributed by atoms with Gasteiger partial charge < -0.3 is 33.7 Å². The first-order valence-electron chi connectivity index (χ1n) is 14.8. The summed E-state index contributed by atoms with van der Waals surface area (Å²) >= 11 is 0. The Hall–Kier alpha value is -3.59. The zero-order valence-electron chi connectivity index (χ0n) is 26.9. The first-order valence-corrected chi connectivity index (χ1v) is 14.8. The molecule has 2 fully saturated rings. The Bertz CT molecular complexity index is 1260. The largest absolute Gasteiger partial charge is 0.489 e. The Kier molecular flexibility index (Phi) is 11.5. The lowest BCUT2D eigenvalue weighted by atomic mass is 9.83. The number of terminal acetylenes is 1. The Morgan fingerprint density at radius 3 is 2.64 bits per heavy atom. The summed E-state index contributed by atoms with van der Waals surface area (Å²) in [6, 6.07) is 0. The van der Waals surface area contributed by atoms with E-state index in [-0.39, 0.29) is 25.3 Å². The van der Waals surface area contributed by atoms with E-state index in [1.165, 1.54) is 14.2 Å². The van der Waals surface area contributed by atoms with Crippen molar-refractivity contribution in [2.45, 2.75) is 89.6 Å². The molecule has 0 aromatic heterocycles. The molecule has 3 aliphatic rings. The van der Waals surface area contributed by atoms with Crippen molar-refractivity contribution in [3.8, 4) is 12.3 Å². The number of nitrogens with one attached hydrogen (secondary N) is 1. The van der Waals surface area contributed by atoms with Gasteiger partial charge in [0, 0.05) is 33.0 Å². The van der Waals surface area contributed by atoms with Crippen LogP contribution in [0.15, 0.2) is 47.3 Å². The lowest BCUT2D eigenvalue weighted by molar-refractivity contribution is -0.158. The Morgan fingerprint density at radius 1 is 1.32 bits per heavy atom. The van der Waals surface area contributed by atoms with Gasteiger partial charge in [-0.3, -0.25) is 14.9 Å². The van der Waals surface area contributed by atoms with Crippen molar-refractivity contribution in [2.75, 3.05) is 27.8 Å². The maximum Gasteiger partial charge on any atom is 0.409 e. The minimum absolute atomic E-state index is 0.00305. The van der Waals surface area contributed by atoms with Crippen LogP contribution >= 0.6 is 0 Å². The highest BCUT2D eigenvalue weighted by Crippen LogP contribution is 2.49. The molecule has 3 heterocycles. The first-order chi connectivity index (χ1) is 20.7. The molecule has 0 aromatic rings. The fourth-order valence-electron chi connectivity index (χ4n) is 5.50. The number of esters is 1. The number of hydrogen-bond donors (Lipinski definition) is 2. The molecule has 242 valence electrons. The van der Waals surface area contributed by atoms with Crippen molar-refractivity contribution in [3.63, 3.8) is 0 Å². The number of amides is 2. The molecule has 0 saturated carbocycles. The average Bonchev–Trinajstić information content (AvgIpc) is 3.66. The second-order valence-electron chi connectivity index (χ2n) is 12.2. The number of methoxy groups -OCH3 is 2. The molecule has 0 aliphatic carbocycles. The van der Waals surface area contributed by atoms with Crippen molar-refractivity contribution >= 4 is 18.0 Å². The number of aliphatic hydroxyl groups is 1. The number of carbonyl (C=O) groups is 3. The number of fused-ring (bicyclic) bond motifs is 3. The highest BCUT2D eigenvalue weighted by molar-refractivity contribution is 5.78. The summed E-state index contributed by atoms with van der Waals surface area (Å²) in [5, 5.41) is 14.1. The quantitative estimate of drug-likeness (QED) is 0.207. The molecule has 0 radical (unpaired) electrons. The van der Waals surface area contributed by atoms with Gasteiger partial charge in [-0.05, 0) is 37.8 Å². The SMILES string of the molecule is C#C/C(=C\C1=C\CN(C)C(=O)CC(OC(=O)C(C)C)C2(C)OC2C(C)C2CC(O)(NC(=O)O2)C(OC)/C=C/C=C(\C)C1)OC. The molecule has 7 unspecified atom stereocenters. The average molecular weight is 615 g/mol. The first kappa shape index (κ1) is 34.9. The smallest absolute Gasteiger partial charge is 0.409 e. The Labute approximate surface area is 260 Å². The van der Waals surface area contributed by atoms with Crippen molar-refractivity contribution in [3.05, 3.63) is 47.3 Å². The molecule has 0 aromatic carbocycles. The highest BCUT2D eigenvalue weighted by Gasteiger charge is 2.64. The highest BCUT2D eigenvalue weighted by atomic mass is 16.7. The van der Waals surface area contributed by atoms with Gasteiger partial charge in [-0.1, -0.05) is 50.6 Å². The van der Waals surface area contributed by atoms with E-state index in [4.69, 9.17) is 30.1 Å². The van der Waals surface area contributed by atoms with Crippen LogP contribution in [0.2, 0.25) is 0 Å². The summed E-state index contributed by atoms with van der Waals surface area (Å²) in [4.78, 5) is 40.4. The molecule has 2 N–H and O–H groups in total. The topological polar surface area (TPSA) is 136 Å². The van der Waals surface area contributed by atoms with Gasteiger partial charge in [0.15, 0.2) is 11.5 Å². The van der Waals surface area contributed by atoms with Gasteiger partial charge in [0.05, 0.1) is 25.6 Å². The second kappa shape index (κ2) is 14.5. The van der Waals surface area contributed by atoms with Gasteiger partial charge in [-0.2, -0.15) is 0 Å². The minimum atomic E-state index is -1.77. The van der Waals surface area contributed by atoms with Gasteiger partial charge in [-0.25, -0.2) is 4.79 Å². The van der Waals surface area contributed by atoms with E-state index in [1.54, 1.807) is 50.9 Å². The second-order valence-corrected chi connectivity index (χ2v) is 12.2. The molecule has 2 amide bonds. The maximum absolute atomic E-state index is 13.5. The van der Waals surface area contributed by atoms with Crippen molar-refractivity contribution in [2.24, 2.45) is 11.8 Å². The molecule has 2 saturated heterocycles. The summed E-state index contributed by atoms with van der Waals surface area (Å²) in [5.74, 6) is 1.28. The molecule has 7 atom stereocenters. The lowest BCUT2D eigenvalue weighted by Gasteiger charge is -2.42. The van der Waals surface area contributed by atoms with Gasteiger partial charge >= 0.3 is 12.1 Å². The molecular formula is C33H46N2O9. The van der Waals surface area contributed by atoms with Crippen LogP contribution in [0.4, 0.5) is 4.79 Å². The summed E-state index contributed by atoms with van der Waals surface area (Å²) in [5.41, 5.74) is -1.04. The monoisotopic (exact) mass is 614 g/mol. The van der Waals surface area contributed by atoms with Gasteiger partial charge in [0.2, 0.25) is 5.91 Å². The van der Waals surface area contributed by atoms with E-state index < -0.39 is 59.6 Å². The van der Waals surface area contributed by atoms with Crippen LogP contribution in [-0.2, 0) is 33.3 Å². The Morgan fingerprint density at radius 2 is 2.02 bits per heavy atom. The van der Waals surface area contributed by atoms with Crippen molar-refractivity contribution in [1.29, 1.82) is 0 Å². The van der Waals surface area contributed by atoms with E-state index in [0.717, 1.165) is 11.1 Å². The third-order valence-corrected chi connectivity index (χ3v) is 8.38. The number of ether oxygens (including phenoxy) is 5. The maximum atomic E-state index is 13.5. The van der Waals surface area contributed by atoms with E-state index in [1.807, 2.05) is 26.0 Å². The van der Waals surface area contributed by atoms with Gasteiger partial charge in [0.1, 0.15) is 23.9 Å². The number of carbonyl (C=O) groups excluding carboxylic acids is 3. The summed E-state index contributed by atoms with van der Waals surface area (Å²) in [6.07, 6.45) is 11.0. The number of epoxide rings is 1. The molecule has 11 nitrogen and oxygen atoms in total. The van der Waals surface area contributed by atoms with Crippen LogP contribution in [-0.4, -0.2) is 91.5 Å². The molecule has 2 bridgehead atoms. The summed E-state index contributed by atoms with van der Waals surface area (Å²) in [6.45, 7) is 9.24.